The lowest BCUT2D eigenvalue weighted by molar-refractivity contribution is 0.0919. The van der Waals surface area contributed by atoms with Crippen molar-refractivity contribution >= 4 is 17.8 Å². The summed E-state index contributed by atoms with van der Waals surface area (Å²) < 4.78 is 17.8. The molecule has 0 bridgehead atoms. The molecule has 3 amide bonds. The number of carbonyl (C=O) groups excluding carboxylic acids is 2. The first-order valence-electron chi connectivity index (χ1n) is 8.07. The molecule has 2 N–H and O–H groups in total. The van der Waals surface area contributed by atoms with Crippen LogP contribution in [-0.4, -0.2) is 41.1 Å². The van der Waals surface area contributed by atoms with E-state index in [1.165, 1.54) is 24.3 Å². The number of likely N-dealkylation sites (tertiary alicyclic amines) is 1. The maximum Gasteiger partial charge on any atom is 0.323 e. The Morgan fingerprint density at radius 1 is 1.24 bits per heavy atom. The third-order valence-electron chi connectivity index (χ3n) is 4.09. The summed E-state index contributed by atoms with van der Waals surface area (Å²) in [6, 6.07) is 6.81. The number of nitrogens with one attached hydrogen (secondary N) is 2. The molecule has 1 aliphatic rings. The predicted octanol–water partition coefficient (Wildman–Crippen LogP) is 2.55. The maximum atomic E-state index is 12.9. The van der Waals surface area contributed by atoms with Crippen LogP contribution in [0.25, 0.3) is 0 Å². The molecule has 8 heteroatoms. The minimum Gasteiger partial charge on any atom is -0.360 e. The topological polar surface area (TPSA) is 87.5 Å². The first kappa shape index (κ1) is 16.9. The summed E-state index contributed by atoms with van der Waals surface area (Å²) in [6.07, 6.45) is 1.30. The molecule has 2 heterocycles. The highest BCUT2D eigenvalue weighted by molar-refractivity contribution is 5.94. The van der Waals surface area contributed by atoms with E-state index in [-0.39, 0.29) is 23.8 Å². The number of piperidine rings is 1. The average Bonchev–Trinajstić information content (AvgIpc) is 3.01. The van der Waals surface area contributed by atoms with Crippen LogP contribution in [0.3, 0.4) is 0 Å². The average molecular weight is 346 g/mol. The van der Waals surface area contributed by atoms with Gasteiger partial charge in [0.25, 0.3) is 5.91 Å². The van der Waals surface area contributed by atoms with Gasteiger partial charge in [-0.1, -0.05) is 5.16 Å². The van der Waals surface area contributed by atoms with E-state index in [1.54, 1.807) is 17.9 Å². The zero-order chi connectivity index (χ0) is 17.8. The number of carbonyl (C=O) groups is 2. The number of rotatable bonds is 3. The number of aromatic nitrogens is 1. The van der Waals surface area contributed by atoms with Gasteiger partial charge < -0.3 is 14.7 Å². The van der Waals surface area contributed by atoms with Crippen LogP contribution in [0.5, 0.6) is 0 Å². The Morgan fingerprint density at radius 2 is 1.92 bits per heavy atom. The van der Waals surface area contributed by atoms with Gasteiger partial charge in [-0.25, -0.2) is 9.18 Å². The van der Waals surface area contributed by atoms with Gasteiger partial charge >= 0.3 is 6.03 Å². The van der Waals surface area contributed by atoms with Crippen LogP contribution in [0, 0.1) is 12.7 Å². The Balaban J connectivity index is 1.47. The lowest BCUT2D eigenvalue weighted by Gasteiger charge is -2.32. The molecule has 2 aromatic rings. The molecule has 0 saturated carbocycles. The molecule has 7 nitrogen and oxygen atoms in total. The van der Waals surface area contributed by atoms with Crippen molar-refractivity contribution in [3.05, 3.63) is 47.5 Å². The SMILES string of the molecule is Cc1cc(NC(=O)N2CCC(NC(=O)c3ccc(F)cc3)CC2)no1. The summed E-state index contributed by atoms with van der Waals surface area (Å²) in [5.41, 5.74) is 0.419. The minimum absolute atomic E-state index is 0.0177. The second kappa shape index (κ2) is 7.33. The Kier molecular flexibility index (Phi) is 4.97. The number of hydrogen-bond donors (Lipinski definition) is 2. The van der Waals surface area contributed by atoms with E-state index in [9.17, 15) is 14.0 Å². The normalized spacial score (nSPS) is 15.0. The van der Waals surface area contributed by atoms with Crippen molar-refractivity contribution in [1.29, 1.82) is 0 Å². The number of hydrogen-bond acceptors (Lipinski definition) is 4. The molecular formula is C17H19FN4O3. The monoisotopic (exact) mass is 346 g/mol. The Labute approximate surface area is 144 Å². The van der Waals surface area contributed by atoms with E-state index in [1.807, 2.05) is 0 Å². The Morgan fingerprint density at radius 3 is 2.52 bits per heavy atom. The van der Waals surface area contributed by atoms with E-state index in [0.29, 0.717) is 43.1 Å². The lowest BCUT2D eigenvalue weighted by atomic mass is 10.0. The van der Waals surface area contributed by atoms with Crippen LogP contribution in [0.1, 0.15) is 29.0 Å². The van der Waals surface area contributed by atoms with Crippen LogP contribution >= 0.6 is 0 Å². The molecular weight excluding hydrogens is 327 g/mol. The summed E-state index contributed by atoms with van der Waals surface area (Å²) >= 11 is 0. The number of urea groups is 1. The van der Waals surface area contributed by atoms with Crippen molar-refractivity contribution in [2.24, 2.45) is 0 Å². The molecule has 0 spiro atoms. The molecule has 25 heavy (non-hydrogen) atoms. The minimum atomic E-state index is -0.377. The molecule has 1 aromatic heterocycles. The number of halogens is 1. The predicted molar refractivity (Wildman–Crippen MR) is 88.7 cm³/mol. The van der Waals surface area contributed by atoms with E-state index >= 15 is 0 Å². The van der Waals surface area contributed by atoms with Crippen LogP contribution < -0.4 is 10.6 Å². The first-order valence-corrected chi connectivity index (χ1v) is 8.07. The maximum absolute atomic E-state index is 12.9. The highest BCUT2D eigenvalue weighted by Gasteiger charge is 2.24. The number of amides is 3. The molecule has 0 unspecified atom stereocenters. The van der Waals surface area contributed by atoms with Gasteiger partial charge in [-0.05, 0) is 44.0 Å². The molecule has 0 radical (unpaired) electrons. The smallest absolute Gasteiger partial charge is 0.323 e. The van der Waals surface area contributed by atoms with Gasteiger partial charge in [0.2, 0.25) is 0 Å². The van der Waals surface area contributed by atoms with Crippen molar-refractivity contribution in [2.45, 2.75) is 25.8 Å². The first-order chi connectivity index (χ1) is 12.0. The van der Waals surface area contributed by atoms with Gasteiger partial charge in [0.15, 0.2) is 5.82 Å². The molecule has 1 aliphatic heterocycles. The largest absolute Gasteiger partial charge is 0.360 e. The van der Waals surface area contributed by atoms with Crippen molar-refractivity contribution < 1.29 is 18.5 Å². The molecule has 1 aromatic carbocycles. The van der Waals surface area contributed by atoms with Crippen LogP contribution in [-0.2, 0) is 0 Å². The molecule has 0 aliphatic carbocycles. The summed E-state index contributed by atoms with van der Waals surface area (Å²) in [4.78, 5) is 26.0. The van der Waals surface area contributed by atoms with Crippen molar-refractivity contribution in [1.82, 2.24) is 15.4 Å². The second-order valence-corrected chi connectivity index (χ2v) is 5.99. The van der Waals surface area contributed by atoms with Crippen molar-refractivity contribution in [3.8, 4) is 0 Å². The number of aryl methyl sites for hydroxylation is 1. The van der Waals surface area contributed by atoms with Gasteiger partial charge in [-0.2, -0.15) is 0 Å². The molecule has 132 valence electrons. The lowest BCUT2D eigenvalue weighted by Crippen LogP contribution is -2.47. The third-order valence-corrected chi connectivity index (χ3v) is 4.09. The molecule has 0 atom stereocenters. The molecule has 1 saturated heterocycles. The highest BCUT2D eigenvalue weighted by Crippen LogP contribution is 2.14. The van der Waals surface area contributed by atoms with Crippen molar-refractivity contribution in [2.75, 3.05) is 18.4 Å². The summed E-state index contributed by atoms with van der Waals surface area (Å²) in [6.45, 7) is 2.80. The molecule has 1 fully saturated rings. The number of nitrogens with zero attached hydrogens (tertiary/aromatic N) is 2. The fraction of sp³-hybridized carbons (Fsp3) is 0.353. The van der Waals surface area contributed by atoms with E-state index < -0.39 is 0 Å². The summed E-state index contributed by atoms with van der Waals surface area (Å²) in [7, 11) is 0. The van der Waals surface area contributed by atoms with Gasteiger partial charge in [0.1, 0.15) is 11.6 Å². The third kappa shape index (κ3) is 4.34. The van der Waals surface area contributed by atoms with Crippen LogP contribution in [0.15, 0.2) is 34.9 Å². The summed E-state index contributed by atoms with van der Waals surface area (Å²) in [5, 5.41) is 9.33. The van der Waals surface area contributed by atoms with Gasteiger partial charge in [-0.3, -0.25) is 10.1 Å². The Hall–Kier alpha value is -2.90. The van der Waals surface area contributed by atoms with Gasteiger partial charge in [-0.15, -0.1) is 0 Å². The number of anilines is 1. The summed E-state index contributed by atoms with van der Waals surface area (Å²) in [5.74, 6) is 0.394. The van der Waals surface area contributed by atoms with Gasteiger partial charge in [0, 0.05) is 30.8 Å². The van der Waals surface area contributed by atoms with Crippen LogP contribution in [0.2, 0.25) is 0 Å². The van der Waals surface area contributed by atoms with E-state index in [2.05, 4.69) is 15.8 Å². The zero-order valence-electron chi connectivity index (χ0n) is 13.8. The highest BCUT2D eigenvalue weighted by atomic mass is 19.1. The standard InChI is InChI=1S/C17H19FN4O3/c1-11-10-15(21-25-11)20-17(24)22-8-6-14(7-9-22)19-16(23)12-2-4-13(18)5-3-12/h2-5,10,14H,6-9H2,1H3,(H,19,23)(H,20,21,24). The van der Waals surface area contributed by atoms with Gasteiger partial charge in [0.05, 0.1) is 0 Å². The zero-order valence-corrected chi connectivity index (χ0v) is 13.8. The van der Waals surface area contributed by atoms with E-state index in [4.69, 9.17) is 4.52 Å². The van der Waals surface area contributed by atoms with E-state index in [0.717, 1.165) is 0 Å². The Bertz CT molecular complexity index is 752. The fourth-order valence-corrected chi connectivity index (χ4v) is 2.71. The fourth-order valence-electron chi connectivity index (χ4n) is 2.71. The quantitative estimate of drug-likeness (QED) is 0.894. The van der Waals surface area contributed by atoms with Crippen molar-refractivity contribution in [3.63, 3.8) is 0 Å². The second-order valence-electron chi connectivity index (χ2n) is 5.99. The molecule has 3 rings (SSSR count). The van der Waals surface area contributed by atoms with Crippen LogP contribution in [0.4, 0.5) is 15.0 Å². The number of benzene rings is 1.